The minimum absolute atomic E-state index is 0.181. The Morgan fingerprint density at radius 1 is 1.11 bits per heavy atom. The Hall–Kier alpha value is -1.58. The standard InChI is InChI=1S/C14H13Cl2NO2/c1-19-13-3-2-9(14(18)7-13)8-17-12-5-10(15)4-11(16)6-12/h2-7,17-18H,8H2,1H3. The summed E-state index contributed by atoms with van der Waals surface area (Å²) in [4.78, 5) is 0. The highest BCUT2D eigenvalue weighted by molar-refractivity contribution is 6.35. The minimum atomic E-state index is 0.181. The molecule has 3 nitrogen and oxygen atoms in total. The predicted octanol–water partition coefficient (Wildman–Crippen LogP) is 4.32. The van der Waals surface area contributed by atoms with Gasteiger partial charge in [0.25, 0.3) is 0 Å². The van der Waals surface area contributed by atoms with E-state index < -0.39 is 0 Å². The molecule has 0 saturated heterocycles. The van der Waals surface area contributed by atoms with Gasteiger partial charge in [0.15, 0.2) is 0 Å². The van der Waals surface area contributed by atoms with Crippen LogP contribution in [0, 0.1) is 0 Å². The fourth-order valence-electron chi connectivity index (χ4n) is 1.67. The highest BCUT2D eigenvalue weighted by Crippen LogP contribution is 2.26. The molecule has 0 spiro atoms. The lowest BCUT2D eigenvalue weighted by atomic mass is 10.2. The van der Waals surface area contributed by atoms with Gasteiger partial charge in [-0.1, -0.05) is 23.2 Å². The number of nitrogens with one attached hydrogen (secondary N) is 1. The van der Waals surface area contributed by atoms with Gasteiger partial charge < -0.3 is 15.2 Å². The van der Waals surface area contributed by atoms with Gasteiger partial charge in [-0.3, -0.25) is 0 Å². The Balaban J connectivity index is 2.10. The van der Waals surface area contributed by atoms with Crippen molar-refractivity contribution in [3.05, 3.63) is 52.0 Å². The average Bonchev–Trinajstić information content (AvgIpc) is 2.36. The molecule has 2 N–H and O–H groups in total. The Labute approximate surface area is 121 Å². The Morgan fingerprint density at radius 2 is 1.79 bits per heavy atom. The van der Waals surface area contributed by atoms with Crippen LogP contribution in [0.1, 0.15) is 5.56 Å². The topological polar surface area (TPSA) is 41.5 Å². The van der Waals surface area contributed by atoms with E-state index >= 15 is 0 Å². The van der Waals surface area contributed by atoms with E-state index in [1.807, 2.05) is 0 Å². The van der Waals surface area contributed by atoms with E-state index in [0.29, 0.717) is 22.3 Å². The van der Waals surface area contributed by atoms with Gasteiger partial charge in [0.1, 0.15) is 11.5 Å². The number of phenolic OH excluding ortho intramolecular Hbond substituents is 1. The molecule has 0 bridgehead atoms. The fraction of sp³-hybridized carbons (Fsp3) is 0.143. The highest BCUT2D eigenvalue weighted by Gasteiger charge is 2.04. The zero-order valence-corrected chi connectivity index (χ0v) is 11.8. The van der Waals surface area contributed by atoms with Crippen molar-refractivity contribution in [1.82, 2.24) is 0 Å². The van der Waals surface area contributed by atoms with Crippen LogP contribution in [0.5, 0.6) is 11.5 Å². The maximum atomic E-state index is 9.84. The molecule has 0 unspecified atom stereocenters. The summed E-state index contributed by atoms with van der Waals surface area (Å²) in [5.41, 5.74) is 1.56. The van der Waals surface area contributed by atoms with E-state index in [-0.39, 0.29) is 5.75 Å². The molecule has 2 aromatic carbocycles. The molecule has 100 valence electrons. The summed E-state index contributed by atoms with van der Waals surface area (Å²) in [7, 11) is 1.56. The first-order chi connectivity index (χ1) is 9.08. The molecule has 0 aromatic heterocycles. The van der Waals surface area contributed by atoms with Crippen molar-refractivity contribution in [3.8, 4) is 11.5 Å². The average molecular weight is 298 g/mol. The van der Waals surface area contributed by atoms with Crippen LogP contribution in [-0.2, 0) is 6.54 Å². The van der Waals surface area contributed by atoms with Crippen LogP contribution in [-0.4, -0.2) is 12.2 Å². The van der Waals surface area contributed by atoms with E-state index in [4.69, 9.17) is 27.9 Å². The first kappa shape index (κ1) is 13.8. The predicted molar refractivity (Wildman–Crippen MR) is 78.4 cm³/mol. The zero-order chi connectivity index (χ0) is 13.8. The van der Waals surface area contributed by atoms with E-state index in [1.165, 1.54) is 0 Å². The third kappa shape index (κ3) is 3.69. The van der Waals surface area contributed by atoms with Gasteiger partial charge in [0.05, 0.1) is 7.11 Å². The summed E-state index contributed by atoms with van der Waals surface area (Å²) < 4.78 is 5.03. The number of hydrogen-bond acceptors (Lipinski definition) is 3. The molecule has 0 aliphatic heterocycles. The molecule has 0 saturated carbocycles. The van der Waals surface area contributed by atoms with Crippen molar-refractivity contribution in [2.24, 2.45) is 0 Å². The molecule has 5 heteroatoms. The Kier molecular flexibility index (Phi) is 4.40. The van der Waals surface area contributed by atoms with Crippen LogP contribution in [0.4, 0.5) is 5.69 Å². The lowest BCUT2D eigenvalue weighted by Gasteiger charge is -2.10. The number of anilines is 1. The molecule has 2 rings (SSSR count). The second-order valence-corrected chi connectivity index (χ2v) is 4.88. The maximum absolute atomic E-state index is 9.84. The molecule has 0 fully saturated rings. The van der Waals surface area contributed by atoms with Gasteiger partial charge in [0.2, 0.25) is 0 Å². The van der Waals surface area contributed by atoms with Crippen molar-refractivity contribution < 1.29 is 9.84 Å². The number of ether oxygens (including phenoxy) is 1. The van der Waals surface area contributed by atoms with Gasteiger partial charge in [-0.25, -0.2) is 0 Å². The first-order valence-electron chi connectivity index (χ1n) is 5.64. The summed E-state index contributed by atoms with van der Waals surface area (Å²) in [5, 5.41) is 14.1. The first-order valence-corrected chi connectivity index (χ1v) is 6.40. The lowest BCUT2D eigenvalue weighted by Crippen LogP contribution is -2.00. The summed E-state index contributed by atoms with van der Waals surface area (Å²) >= 11 is 11.8. The molecular formula is C14H13Cl2NO2. The molecule has 0 aliphatic carbocycles. The van der Waals surface area contributed by atoms with Crippen molar-refractivity contribution in [2.75, 3.05) is 12.4 Å². The number of benzene rings is 2. The molecule has 0 aliphatic rings. The minimum Gasteiger partial charge on any atom is -0.507 e. The highest BCUT2D eigenvalue weighted by atomic mass is 35.5. The van der Waals surface area contributed by atoms with Crippen LogP contribution < -0.4 is 10.1 Å². The van der Waals surface area contributed by atoms with Crippen molar-refractivity contribution in [3.63, 3.8) is 0 Å². The second-order valence-electron chi connectivity index (χ2n) is 4.01. The largest absolute Gasteiger partial charge is 0.507 e. The van der Waals surface area contributed by atoms with E-state index in [0.717, 1.165) is 11.3 Å². The van der Waals surface area contributed by atoms with Gasteiger partial charge in [-0.05, 0) is 30.3 Å². The normalized spacial score (nSPS) is 10.3. The number of hydrogen-bond donors (Lipinski definition) is 2. The maximum Gasteiger partial charge on any atom is 0.124 e. The van der Waals surface area contributed by atoms with Gasteiger partial charge in [0, 0.05) is 33.9 Å². The van der Waals surface area contributed by atoms with Crippen LogP contribution in [0.15, 0.2) is 36.4 Å². The molecule has 19 heavy (non-hydrogen) atoms. The van der Waals surface area contributed by atoms with Crippen LogP contribution in [0.3, 0.4) is 0 Å². The number of methoxy groups -OCH3 is 1. The lowest BCUT2D eigenvalue weighted by molar-refractivity contribution is 0.406. The van der Waals surface area contributed by atoms with Gasteiger partial charge >= 0.3 is 0 Å². The molecule has 0 amide bonds. The molecule has 2 aromatic rings. The second kappa shape index (κ2) is 6.04. The summed E-state index contributed by atoms with van der Waals surface area (Å²) in [6, 6.07) is 10.4. The third-order valence-electron chi connectivity index (χ3n) is 2.64. The smallest absolute Gasteiger partial charge is 0.124 e. The molecule has 0 atom stereocenters. The van der Waals surface area contributed by atoms with Gasteiger partial charge in [-0.2, -0.15) is 0 Å². The van der Waals surface area contributed by atoms with Crippen molar-refractivity contribution >= 4 is 28.9 Å². The van der Waals surface area contributed by atoms with Gasteiger partial charge in [-0.15, -0.1) is 0 Å². The van der Waals surface area contributed by atoms with E-state index in [1.54, 1.807) is 43.5 Å². The third-order valence-corrected chi connectivity index (χ3v) is 3.07. The number of phenols is 1. The molecule has 0 radical (unpaired) electrons. The van der Waals surface area contributed by atoms with Crippen molar-refractivity contribution in [1.29, 1.82) is 0 Å². The summed E-state index contributed by atoms with van der Waals surface area (Å²) in [6.45, 7) is 0.465. The monoisotopic (exact) mass is 297 g/mol. The number of halogens is 2. The fourth-order valence-corrected chi connectivity index (χ4v) is 2.20. The van der Waals surface area contributed by atoms with Crippen LogP contribution >= 0.6 is 23.2 Å². The Bertz CT molecular complexity index is 567. The summed E-state index contributed by atoms with van der Waals surface area (Å²) in [6.07, 6.45) is 0. The SMILES string of the molecule is COc1ccc(CNc2cc(Cl)cc(Cl)c2)c(O)c1. The van der Waals surface area contributed by atoms with Crippen molar-refractivity contribution in [2.45, 2.75) is 6.54 Å². The van der Waals surface area contributed by atoms with E-state index in [9.17, 15) is 5.11 Å². The quantitative estimate of drug-likeness (QED) is 0.883. The molecule has 0 heterocycles. The van der Waals surface area contributed by atoms with Crippen LogP contribution in [0.2, 0.25) is 10.0 Å². The summed E-state index contributed by atoms with van der Waals surface area (Å²) in [5.74, 6) is 0.798. The molecular weight excluding hydrogens is 285 g/mol. The van der Waals surface area contributed by atoms with E-state index in [2.05, 4.69) is 5.32 Å². The van der Waals surface area contributed by atoms with Crippen LogP contribution in [0.25, 0.3) is 0 Å². The Morgan fingerprint density at radius 3 is 2.37 bits per heavy atom. The number of rotatable bonds is 4. The number of aromatic hydroxyl groups is 1. The zero-order valence-electron chi connectivity index (χ0n) is 10.3.